The van der Waals surface area contributed by atoms with Gasteiger partial charge in [0.25, 0.3) is 5.56 Å². The third-order valence-electron chi connectivity index (χ3n) is 5.44. The second-order valence-corrected chi connectivity index (χ2v) is 8.54. The molecule has 1 aromatic carbocycles. The van der Waals surface area contributed by atoms with Gasteiger partial charge in [-0.05, 0) is 30.0 Å². The highest BCUT2D eigenvalue weighted by atomic mass is 32.1. The van der Waals surface area contributed by atoms with E-state index in [-0.39, 0.29) is 18.0 Å². The molecule has 1 fully saturated rings. The molecule has 1 amide bonds. The Balaban J connectivity index is 1.14. The molecular formula is C22H27N5O2S. The average Bonchev–Trinajstić information content (AvgIpc) is 3.25. The SMILES string of the molecule is O=C(Cn1ncc2ccsc2c1=O)NCCCN1CCN(Cc2ccccc2)CC1. The number of thiophene rings is 1. The number of carbonyl (C=O) groups is 1. The van der Waals surface area contributed by atoms with Crippen LogP contribution in [0.3, 0.4) is 0 Å². The van der Waals surface area contributed by atoms with Gasteiger partial charge in [-0.15, -0.1) is 11.3 Å². The van der Waals surface area contributed by atoms with Gasteiger partial charge in [-0.3, -0.25) is 14.5 Å². The largest absolute Gasteiger partial charge is 0.354 e. The minimum atomic E-state index is -0.203. The lowest BCUT2D eigenvalue weighted by Gasteiger charge is -2.34. The molecule has 0 atom stereocenters. The molecule has 0 radical (unpaired) electrons. The quantitative estimate of drug-likeness (QED) is 0.557. The van der Waals surface area contributed by atoms with Gasteiger partial charge in [-0.2, -0.15) is 5.10 Å². The highest BCUT2D eigenvalue weighted by Crippen LogP contribution is 2.14. The number of benzene rings is 1. The van der Waals surface area contributed by atoms with Crippen molar-refractivity contribution in [1.82, 2.24) is 24.9 Å². The number of rotatable bonds is 8. The summed E-state index contributed by atoms with van der Waals surface area (Å²) in [4.78, 5) is 29.4. The van der Waals surface area contributed by atoms with E-state index in [1.807, 2.05) is 11.4 Å². The summed E-state index contributed by atoms with van der Waals surface area (Å²) in [6, 6.07) is 12.5. The molecule has 0 aliphatic carbocycles. The van der Waals surface area contributed by atoms with Crippen molar-refractivity contribution in [3.05, 3.63) is 63.9 Å². The van der Waals surface area contributed by atoms with Crippen LogP contribution in [0.2, 0.25) is 0 Å². The Morgan fingerprint density at radius 3 is 2.63 bits per heavy atom. The molecule has 1 saturated heterocycles. The Morgan fingerprint density at radius 1 is 1.07 bits per heavy atom. The fourth-order valence-corrected chi connectivity index (χ4v) is 4.56. The number of aromatic nitrogens is 2. The molecule has 3 heterocycles. The van der Waals surface area contributed by atoms with E-state index in [0.29, 0.717) is 11.2 Å². The number of hydrogen-bond acceptors (Lipinski definition) is 6. The zero-order chi connectivity index (χ0) is 20.8. The van der Waals surface area contributed by atoms with Crippen LogP contribution in [0.15, 0.2) is 52.8 Å². The molecule has 7 nitrogen and oxygen atoms in total. The van der Waals surface area contributed by atoms with Gasteiger partial charge in [0.1, 0.15) is 11.2 Å². The maximum absolute atomic E-state index is 12.3. The van der Waals surface area contributed by atoms with Crippen molar-refractivity contribution >= 4 is 27.3 Å². The van der Waals surface area contributed by atoms with Gasteiger partial charge in [0, 0.05) is 44.7 Å². The predicted molar refractivity (Wildman–Crippen MR) is 120 cm³/mol. The van der Waals surface area contributed by atoms with Gasteiger partial charge >= 0.3 is 0 Å². The molecule has 1 aliphatic rings. The van der Waals surface area contributed by atoms with Crippen LogP contribution in [0, 0.1) is 0 Å². The summed E-state index contributed by atoms with van der Waals surface area (Å²) in [5.41, 5.74) is 1.16. The minimum absolute atomic E-state index is 0.0369. The summed E-state index contributed by atoms with van der Waals surface area (Å²) in [6.07, 6.45) is 2.54. The number of nitrogens with one attached hydrogen (secondary N) is 1. The molecule has 1 aliphatic heterocycles. The van der Waals surface area contributed by atoms with Crippen LogP contribution in [0.4, 0.5) is 0 Å². The van der Waals surface area contributed by atoms with Crippen LogP contribution < -0.4 is 10.9 Å². The molecule has 4 rings (SSSR count). The smallest absolute Gasteiger partial charge is 0.285 e. The normalized spacial score (nSPS) is 15.5. The van der Waals surface area contributed by atoms with Crippen molar-refractivity contribution in [3.63, 3.8) is 0 Å². The van der Waals surface area contributed by atoms with Crippen molar-refractivity contribution in [2.75, 3.05) is 39.3 Å². The Labute approximate surface area is 179 Å². The van der Waals surface area contributed by atoms with Crippen LogP contribution in [-0.4, -0.2) is 64.8 Å². The van der Waals surface area contributed by atoms with Crippen LogP contribution in [0.1, 0.15) is 12.0 Å². The molecule has 158 valence electrons. The summed E-state index contributed by atoms with van der Waals surface area (Å²) < 4.78 is 1.88. The van der Waals surface area contributed by atoms with E-state index in [0.717, 1.165) is 51.1 Å². The van der Waals surface area contributed by atoms with E-state index in [1.54, 1.807) is 6.20 Å². The fraction of sp³-hybridized carbons (Fsp3) is 0.409. The molecule has 0 unspecified atom stereocenters. The van der Waals surface area contributed by atoms with Crippen molar-refractivity contribution in [2.45, 2.75) is 19.5 Å². The Bertz CT molecular complexity index is 1020. The zero-order valence-electron chi connectivity index (χ0n) is 17.0. The molecular weight excluding hydrogens is 398 g/mol. The summed E-state index contributed by atoms with van der Waals surface area (Å²) in [6.45, 7) is 6.81. The third-order valence-corrected chi connectivity index (χ3v) is 6.36. The number of hydrogen-bond donors (Lipinski definition) is 1. The van der Waals surface area contributed by atoms with Gasteiger partial charge in [0.15, 0.2) is 0 Å². The first kappa shape index (κ1) is 20.7. The fourth-order valence-electron chi connectivity index (χ4n) is 3.74. The van der Waals surface area contributed by atoms with Gasteiger partial charge in [-0.25, -0.2) is 4.68 Å². The number of amides is 1. The lowest BCUT2D eigenvalue weighted by atomic mass is 10.2. The topological polar surface area (TPSA) is 70.5 Å². The van der Waals surface area contributed by atoms with Crippen molar-refractivity contribution < 1.29 is 4.79 Å². The molecule has 1 N–H and O–H groups in total. The number of fused-ring (bicyclic) bond motifs is 1. The van der Waals surface area contributed by atoms with E-state index in [4.69, 9.17) is 0 Å². The molecule has 30 heavy (non-hydrogen) atoms. The Hall–Kier alpha value is -2.55. The van der Waals surface area contributed by atoms with E-state index >= 15 is 0 Å². The molecule has 0 saturated carbocycles. The summed E-state index contributed by atoms with van der Waals surface area (Å²) >= 11 is 1.38. The van der Waals surface area contributed by atoms with Crippen LogP contribution in [0.5, 0.6) is 0 Å². The predicted octanol–water partition coefficient (Wildman–Crippen LogP) is 1.78. The summed E-state index contributed by atoms with van der Waals surface area (Å²) in [5.74, 6) is -0.173. The second-order valence-electron chi connectivity index (χ2n) is 7.62. The van der Waals surface area contributed by atoms with E-state index in [2.05, 4.69) is 50.5 Å². The van der Waals surface area contributed by atoms with E-state index in [1.165, 1.54) is 21.6 Å². The van der Waals surface area contributed by atoms with Crippen LogP contribution >= 0.6 is 11.3 Å². The minimum Gasteiger partial charge on any atom is -0.354 e. The summed E-state index contributed by atoms with van der Waals surface area (Å²) in [5, 5.41) is 9.69. The molecule has 8 heteroatoms. The maximum Gasteiger partial charge on any atom is 0.285 e. The molecule has 0 bridgehead atoms. The molecule has 3 aromatic rings. The number of nitrogens with zero attached hydrogens (tertiary/aromatic N) is 4. The zero-order valence-corrected chi connectivity index (χ0v) is 17.8. The van der Waals surface area contributed by atoms with E-state index in [9.17, 15) is 9.59 Å². The first-order valence-electron chi connectivity index (χ1n) is 10.4. The van der Waals surface area contributed by atoms with Crippen LogP contribution in [0.25, 0.3) is 10.1 Å². The maximum atomic E-state index is 12.3. The Morgan fingerprint density at radius 2 is 1.83 bits per heavy atom. The van der Waals surface area contributed by atoms with Crippen molar-refractivity contribution in [2.24, 2.45) is 0 Å². The van der Waals surface area contributed by atoms with E-state index < -0.39 is 0 Å². The van der Waals surface area contributed by atoms with Crippen molar-refractivity contribution in [1.29, 1.82) is 0 Å². The summed E-state index contributed by atoms with van der Waals surface area (Å²) in [7, 11) is 0. The van der Waals surface area contributed by atoms with Gasteiger partial charge in [0.05, 0.1) is 6.20 Å². The third kappa shape index (κ3) is 5.33. The highest BCUT2D eigenvalue weighted by molar-refractivity contribution is 7.17. The number of carbonyl (C=O) groups excluding carboxylic acids is 1. The average molecular weight is 426 g/mol. The van der Waals surface area contributed by atoms with Crippen molar-refractivity contribution in [3.8, 4) is 0 Å². The lowest BCUT2D eigenvalue weighted by molar-refractivity contribution is -0.121. The van der Waals surface area contributed by atoms with Gasteiger partial charge in [-0.1, -0.05) is 30.3 Å². The number of piperazine rings is 1. The molecule has 2 aromatic heterocycles. The molecule has 0 spiro atoms. The lowest BCUT2D eigenvalue weighted by Crippen LogP contribution is -2.46. The van der Waals surface area contributed by atoms with Gasteiger partial charge in [0.2, 0.25) is 5.91 Å². The van der Waals surface area contributed by atoms with Gasteiger partial charge < -0.3 is 10.2 Å². The first-order chi connectivity index (χ1) is 14.7. The highest BCUT2D eigenvalue weighted by Gasteiger charge is 2.16. The van der Waals surface area contributed by atoms with Crippen LogP contribution in [-0.2, 0) is 17.9 Å². The second kappa shape index (κ2) is 9.97. The monoisotopic (exact) mass is 425 g/mol. The first-order valence-corrected chi connectivity index (χ1v) is 11.3. The Kier molecular flexibility index (Phi) is 6.88. The standard InChI is InChI=1S/C22H27N5O2S/c28-20(17-27-22(29)21-19(15-24-27)7-14-30-21)23-8-4-9-25-10-12-26(13-11-25)16-18-5-2-1-3-6-18/h1-3,5-7,14-15H,4,8-13,16-17H2,(H,23,28).